The molecule has 2 heterocycles. The zero-order valence-electron chi connectivity index (χ0n) is 21.9. The summed E-state index contributed by atoms with van der Waals surface area (Å²) in [6.07, 6.45) is 0.620. The van der Waals surface area contributed by atoms with E-state index in [1.54, 1.807) is 14.0 Å². The van der Waals surface area contributed by atoms with Crippen LogP contribution in [0.3, 0.4) is 0 Å². The maximum absolute atomic E-state index is 14.1. The summed E-state index contributed by atoms with van der Waals surface area (Å²) in [6, 6.07) is 0. The van der Waals surface area contributed by atoms with E-state index in [0.29, 0.717) is 32.1 Å². The summed E-state index contributed by atoms with van der Waals surface area (Å²) in [5.41, 5.74) is 0.156. The van der Waals surface area contributed by atoms with Gasteiger partial charge in [0.05, 0.1) is 30.5 Å². The molecule has 8 heteroatoms. The van der Waals surface area contributed by atoms with Crippen LogP contribution in [0.1, 0.15) is 59.8 Å². The predicted octanol–water partition coefficient (Wildman–Crippen LogP) is 2.19. The standard InChI is InChI=1S/C28H40O8/c1-12-16-9-17(29)22-15-7-6-14-8-19(36-21-10-20(33-5)24(31)13(2)34-21)18(30)11-27(14,3)23(15)25(32)26(35-12)28(16,22)4/h6,12-13,15-16,18-24,26,30-31H,7-11H2,1-5H3/t12-,13+,15-,16-,18-,19+,20+,21-,22-,23+,24+,26-,27-,28+/m0/s1. The van der Waals surface area contributed by atoms with E-state index in [1.165, 1.54) is 0 Å². The minimum absolute atomic E-state index is 0.0463. The number of methoxy groups -OCH3 is 1. The Labute approximate surface area is 212 Å². The summed E-state index contributed by atoms with van der Waals surface area (Å²) in [5, 5.41) is 21.6. The number of hydrogen-bond donors (Lipinski definition) is 2. The fourth-order valence-electron chi connectivity index (χ4n) is 9.19. The van der Waals surface area contributed by atoms with Crippen molar-refractivity contribution in [2.75, 3.05) is 7.11 Å². The van der Waals surface area contributed by atoms with Gasteiger partial charge in [0, 0.05) is 48.5 Å². The number of ketones is 2. The molecule has 0 aromatic carbocycles. The molecule has 0 aromatic heterocycles. The second kappa shape index (κ2) is 8.42. The van der Waals surface area contributed by atoms with Gasteiger partial charge in [-0.25, -0.2) is 0 Å². The van der Waals surface area contributed by atoms with Crippen LogP contribution in [0, 0.1) is 34.5 Å². The van der Waals surface area contributed by atoms with Crippen LogP contribution >= 0.6 is 0 Å². The molecule has 0 spiro atoms. The van der Waals surface area contributed by atoms with E-state index in [-0.39, 0.29) is 41.3 Å². The third kappa shape index (κ3) is 3.27. The van der Waals surface area contributed by atoms with Crippen molar-refractivity contribution < 1.29 is 38.7 Å². The number of carbonyl (C=O) groups is 2. The smallest absolute Gasteiger partial charge is 0.166 e. The zero-order chi connectivity index (χ0) is 25.7. The minimum Gasteiger partial charge on any atom is -0.390 e. The fourth-order valence-corrected chi connectivity index (χ4v) is 9.19. The van der Waals surface area contributed by atoms with Crippen molar-refractivity contribution >= 4 is 11.6 Å². The number of fused-ring (bicyclic) bond motifs is 4. The van der Waals surface area contributed by atoms with Crippen molar-refractivity contribution in [3.8, 4) is 0 Å². The lowest BCUT2D eigenvalue weighted by Gasteiger charge is -2.57. The molecule has 200 valence electrons. The van der Waals surface area contributed by atoms with Gasteiger partial charge in [-0.15, -0.1) is 0 Å². The molecule has 8 nitrogen and oxygen atoms in total. The maximum Gasteiger partial charge on any atom is 0.166 e. The number of aliphatic hydroxyl groups is 2. The van der Waals surface area contributed by atoms with Gasteiger partial charge < -0.3 is 29.2 Å². The number of Topliss-reactive ketones (excluding diaryl/α,β-unsaturated/α-hetero) is 2. The van der Waals surface area contributed by atoms with Gasteiger partial charge in [-0.3, -0.25) is 9.59 Å². The molecule has 6 aliphatic rings. The Hall–Kier alpha value is -1.16. The van der Waals surface area contributed by atoms with Crippen LogP contribution in [0.25, 0.3) is 0 Å². The van der Waals surface area contributed by atoms with Crippen molar-refractivity contribution in [1.29, 1.82) is 0 Å². The normalized spacial score (nSPS) is 56.1. The number of rotatable bonds is 3. The highest BCUT2D eigenvalue weighted by atomic mass is 16.7. The average molecular weight is 505 g/mol. The first kappa shape index (κ1) is 25.1. The van der Waals surface area contributed by atoms with Crippen LogP contribution < -0.4 is 0 Å². The summed E-state index contributed by atoms with van der Waals surface area (Å²) in [5.74, 6) is -0.0656. The number of hydrogen-bond acceptors (Lipinski definition) is 8. The molecule has 2 saturated heterocycles. The summed E-state index contributed by atoms with van der Waals surface area (Å²) < 4.78 is 23.8. The Morgan fingerprint density at radius 3 is 2.50 bits per heavy atom. The maximum atomic E-state index is 14.1. The number of aliphatic hydroxyl groups excluding tert-OH is 2. The Bertz CT molecular complexity index is 979. The molecule has 2 aliphatic heterocycles. The lowest BCUT2D eigenvalue weighted by molar-refractivity contribution is -0.275. The van der Waals surface area contributed by atoms with Crippen LogP contribution in [0.2, 0.25) is 0 Å². The van der Waals surface area contributed by atoms with Crippen molar-refractivity contribution in [2.45, 2.75) is 109 Å². The Morgan fingerprint density at radius 2 is 1.78 bits per heavy atom. The van der Waals surface area contributed by atoms with Gasteiger partial charge in [0.1, 0.15) is 18.0 Å². The highest BCUT2D eigenvalue weighted by Gasteiger charge is 2.72. The zero-order valence-corrected chi connectivity index (χ0v) is 21.9. The third-order valence-corrected chi connectivity index (χ3v) is 11.0. The molecule has 14 atom stereocenters. The van der Waals surface area contributed by atoms with E-state index in [0.717, 1.165) is 5.57 Å². The second-order valence-corrected chi connectivity index (χ2v) is 12.7. The van der Waals surface area contributed by atoms with Gasteiger partial charge >= 0.3 is 0 Å². The van der Waals surface area contributed by atoms with Crippen LogP contribution in [-0.4, -0.2) is 77.9 Å². The van der Waals surface area contributed by atoms with Crippen LogP contribution in [-0.2, 0) is 28.5 Å². The van der Waals surface area contributed by atoms with Gasteiger partial charge in [0.2, 0.25) is 0 Å². The first-order valence-corrected chi connectivity index (χ1v) is 13.6. The molecular weight excluding hydrogens is 464 g/mol. The van der Waals surface area contributed by atoms with E-state index in [9.17, 15) is 19.8 Å². The van der Waals surface area contributed by atoms with Gasteiger partial charge in [-0.1, -0.05) is 25.5 Å². The van der Waals surface area contributed by atoms with E-state index in [1.807, 2.05) is 6.92 Å². The molecule has 2 N–H and O–H groups in total. The molecule has 36 heavy (non-hydrogen) atoms. The quantitative estimate of drug-likeness (QED) is 0.563. The van der Waals surface area contributed by atoms with Crippen LogP contribution in [0.4, 0.5) is 0 Å². The SMILES string of the molecule is CO[C@@H]1C[C@H](O[C@@H]2CC3=CC[C@H]4[C@H]5C(=O)C[C@H]6[C@H](C)O[C@@H](C(=O)[C@@H]4[C@@]3(C)C[C@@H]2O)[C@@]56C)O[C@H](C)[C@H]1O. The van der Waals surface area contributed by atoms with Gasteiger partial charge in [0.25, 0.3) is 0 Å². The van der Waals surface area contributed by atoms with Crippen LogP contribution in [0.5, 0.6) is 0 Å². The Kier molecular flexibility index (Phi) is 5.88. The molecule has 0 bridgehead atoms. The van der Waals surface area contributed by atoms with Gasteiger partial charge in [-0.2, -0.15) is 0 Å². The molecule has 0 unspecified atom stereocenters. The number of allylic oxidation sites excluding steroid dienone is 1. The first-order chi connectivity index (χ1) is 17.0. The molecule has 0 radical (unpaired) electrons. The Morgan fingerprint density at radius 1 is 1.03 bits per heavy atom. The van der Waals surface area contributed by atoms with E-state index in [4.69, 9.17) is 18.9 Å². The van der Waals surface area contributed by atoms with Crippen molar-refractivity contribution in [3.05, 3.63) is 11.6 Å². The monoisotopic (exact) mass is 504 g/mol. The molecule has 0 amide bonds. The minimum atomic E-state index is -0.783. The fraction of sp³-hybridized carbons (Fsp3) is 0.857. The second-order valence-electron chi connectivity index (χ2n) is 12.7. The Balaban J connectivity index is 1.26. The van der Waals surface area contributed by atoms with Gasteiger partial charge in [0.15, 0.2) is 12.1 Å². The summed E-state index contributed by atoms with van der Waals surface area (Å²) >= 11 is 0. The van der Waals surface area contributed by atoms with Crippen molar-refractivity contribution in [3.63, 3.8) is 0 Å². The highest BCUT2D eigenvalue weighted by molar-refractivity contribution is 5.96. The number of carbonyl (C=O) groups excluding carboxylic acids is 2. The van der Waals surface area contributed by atoms with E-state index < -0.39 is 53.7 Å². The van der Waals surface area contributed by atoms with Crippen molar-refractivity contribution in [2.24, 2.45) is 34.5 Å². The average Bonchev–Trinajstić information content (AvgIpc) is 3.23. The molecule has 5 fully saturated rings. The van der Waals surface area contributed by atoms with Gasteiger partial charge in [-0.05, 0) is 39.0 Å². The molecule has 6 rings (SSSR count). The highest BCUT2D eigenvalue weighted by Crippen LogP contribution is 2.67. The largest absolute Gasteiger partial charge is 0.390 e. The molecule has 0 aromatic rings. The first-order valence-electron chi connectivity index (χ1n) is 13.6. The van der Waals surface area contributed by atoms with E-state index >= 15 is 0 Å². The topological polar surface area (TPSA) is 112 Å². The molecular formula is C28H40O8. The lowest BCUT2D eigenvalue weighted by Crippen LogP contribution is -2.62. The van der Waals surface area contributed by atoms with E-state index in [2.05, 4.69) is 19.9 Å². The number of ether oxygens (including phenoxy) is 4. The molecule has 4 aliphatic carbocycles. The van der Waals surface area contributed by atoms with Crippen molar-refractivity contribution in [1.82, 2.24) is 0 Å². The summed E-state index contributed by atoms with van der Waals surface area (Å²) in [7, 11) is 1.56. The van der Waals surface area contributed by atoms with Crippen LogP contribution in [0.15, 0.2) is 11.6 Å². The third-order valence-electron chi connectivity index (χ3n) is 11.0. The molecule has 3 saturated carbocycles. The lowest BCUT2D eigenvalue weighted by atomic mass is 9.46. The predicted molar refractivity (Wildman–Crippen MR) is 128 cm³/mol. The summed E-state index contributed by atoms with van der Waals surface area (Å²) in [6.45, 7) is 7.97. The summed E-state index contributed by atoms with van der Waals surface area (Å²) in [4.78, 5) is 27.4.